The third kappa shape index (κ3) is 4.31. The number of nitrogens with one attached hydrogen (secondary N) is 1. The molecular formula is C23H26N2O. The summed E-state index contributed by atoms with van der Waals surface area (Å²) in [6, 6.07) is 29.8. The van der Waals surface area contributed by atoms with Crippen LogP contribution in [0.4, 0.5) is 5.69 Å². The molecule has 0 saturated heterocycles. The van der Waals surface area contributed by atoms with Crippen LogP contribution in [-0.4, -0.2) is 16.4 Å². The van der Waals surface area contributed by atoms with Crippen molar-refractivity contribution < 1.29 is 5.11 Å². The minimum Gasteiger partial charge on any atom is -0.369 e. The standard InChI is InChI=1S/C23H26N2O/c1-22(26,25-21-15-9-4-10-16-21)23(24,17-19-11-5-2-6-12-19)18-20-13-7-3-8-14-20/h2-16,25-26H,17-18,24H2,1H3. The Hall–Kier alpha value is -2.62. The smallest absolute Gasteiger partial charge is 0.151 e. The van der Waals surface area contributed by atoms with E-state index in [0.29, 0.717) is 12.8 Å². The first-order valence-electron chi connectivity index (χ1n) is 8.91. The Labute approximate surface area is 155 Å². The molecule has 0 bridgehead atoms. The molecule has 3 nitrogen and oxygen atoms in total. The summed E-state index contributed by atoms with van der Waals surface area (Å²) >= 11 is 0. The second kappa shape index (κ2) is 7.73. The number of nitrogens with two attached hydrogens (primary N) is 1. The van der Waals surface area contributed by atoms with Gasteiger partial charge in [0.05, 0.1) is 5.54 Å². The van der Waals surface area contributed by atoms with Crippen LogP contribution in [0.5, 0.6) is 0 Å². The topological polar surface area (TPSA) is 58.3 Å². The predicted octanol–water partition coefficient (Wildman–Crippen LogP) is 3.99. The van der Waals surface area contributed by atoms with Crippen LogP contribution in [0.15, 0.2) is 91.0 Å². The Morgan fingerprint density at radius 3 is 1.54 bits per heavy atom. The summed E-state index contributed by atoms with van der Waals surface area (Å²) in [5.41, 5.74) is 7.71. The summed E-state index contributed by atoms with van der Waals surface area (Å²) in [4.78, 5) is 0. The average Bonchev–Trinajstić information content (AvgIpc) is 2.63. The molecule has 0 heterocycles. The summed E-state index contributed by atoms with van der Waals surface area (Å²) in [5, 5.41) is 14.6. The van der Waals surface area contributed by atoms with Gasteiger partial charge in [0.1, 0.15) is 0 Å². The molecule has 3 heteroatoms. The Balaban J connectivity index is 1.92. The minimum absolute atomic E-state index is 0.551. The number of aliphatic hydroxyl groups is 1. The first-order valence-corrected chi connectivity index (χ1v) is 8.91. The molecule has 0 aliphatic heterocycles. The maximum atomic E-state index is 11.4. The largest absolute Gasteiger partial charge is 0.369 e. The second-order valence-electron chi connectivity index (χ2n) is 7.04. The maximum Gasteiger partial charge on any atom is 0.151 e. The lowest BCUT2D eigenvalue weighted by molar-refractivity contribution is 0.00593. The Bertz CT molecular complexity index is 760. The van der Waals surface area contributed by atoms with E-state index >= 15 is 0 Å². The van der Waals surface area contributed by atoms with Crippen LogP contribution in [0, 0.1) is 0 Å². The van der Waals surface area contributed by atoms with Crippen molar-refractivity contribution in [2.45, 2.75) is 31.0 Å². The summed E-state index contributed by atoms with van der Waals surface area (Å²) < 4.78 is 0. The zero-order valence-electron chi connectivity index (χ0n) is 15.1. The zero-order valence-corrected chi connectivity index (χ0v) is 15.1. The zero-order chi connectivity index (χ0) is 18.5. The van der Waals surface area contributed by atoms with Crippen LogP contribution in [-0.2, 0) is 12.8 Å². The molecular weight excluding hydrogens is 320 g/mol. The van der Waals surface area contributed by atoms with Gasteiger partial charge in [-0.2, -0.15) is 0 Å². The van der Waals surface area contributed by atoms with Crippen molar-refractivity contribution in [1.82, 2.24) is 0 Å². The lowest BCUT2D eigenvalue weighted by Gasteiger charge is -2.44. The maximum absolute atomic E-state index is 11.4. The Morgan fingerprint density at radius 2 is 1.12 bits per heavy atom. The van der Waals surface area contributed by atoms with Crippen molar-refractivity contribution in [3.8, 4) is 0 Å². The van der Waals surface area contributed by atoms with E-state index in [1.165, 1.54) is 0 Å². The van der Waals surface area contributed by atoms with E-state index in [4.69, 9.17) is 5.73 Å². The van der Waals surface area contributed by atoms with Gasteiger partial charge in [-0.25, -0.2) is 0 Å². The van der Waals surface area contributed by atoms with Crippen LogP contribution in [0.2, 0.25) is 0 Å². The first-order chi connectivity index (χ1) is 12.5. The molecule has 0 aliphatic rings. The van der Waals surface area contributed by atoms with E-state index in [-0.39, 0.29) is 0 Å². The summed E-state index contributed by atoms with van der Waals surface area (Å²) in [7, 11) is 0. The minimum atomic E-state index is -1.31. The van der Waals surface area contributed by atoms with Gasteiger partial charge in [-0.15, -0.1) is 0 Å². The number of hydrogen-bond donors (Lipinski definition) is 3. The first kappa shape index (κ1) is 18.2. The molecule has 0 aliphatic carbocycles. The molecule has 134 valence electrons. The highest BCUT2D eigenvalue weighted by molar-refractivity contribution is 5.46. The molecule has 3 aromatic rings. The van der Waals surface area contributed by atoms with Gasteiger partial charge >= 0.3 is 0 Å². The van der Waals surface area contributed by atoms with E-state index in [0.717, 1.165) is 16.8 Å². The average molecular weight is 346 g/mol. The third-order valence-electron chi connectivity index (χ3n) is 4.86. The van der Waals surface area contributed by atoms with Crippen LogP contribution in [0.25, 0.3) is 0 Å². The highest BCUT2D eigenvalue weighted by atomic mass is 16.3. The van der Waals surface area contributed by atoms with E-state index in [1.807, 2.05) is 91.0 Å². The predicted molar refractivity (Wildman–Crippen MR) is 108 cm³/mol. The molecule has 3 rings (SSSR count). The fourth-order valence-electron chi connectivity index (χ4n) is 3.25. The monoisotopic (exact) mass is 346 g/mol. The van der Waals surface area contributed by atoms with E-state index in [1.54, 1.807) is 6.92 Å². The van der Waals surface area contributed by atoms with Gasteiger partial charge in [0.2, 0.25) is 0 Å². The number of para-hydroxylation sites is 1. The Morgan fingerprint density at radius 1 is 0.731 bits per heavy atom. The van der Waals surface area contributed by atoms with Crippen LogP contribution in [0.3, 0.4) is 0 Å². The summed E-state index contributed by atoms with van der Waals surface area (Å²) in [6.45, 7) is 1.76. The highest BCUT2D eigenvalue weighted by Crippen LogP contribution is 2.29. The van der Waals surface area contributed by atoms with Crippen LogP contribution >= 0.6 is 0 Å². The summed E-state index contributed by atoms with van der Waals surface area (Å²) in [5.74, 6) is 0. The molecule has 0 saturated carbocycles. The molecule has 0 radical (unpaired) electrons. The van der Waals surface area contributed by atoms with Gasteiger partial charge in [0, 0.05) is 5.69 Å². The van der Waals surface area contributed by atoms with Crippen LogP contribution < -0.4 is 11.1 Å². The molecule has 0 aromatic heterocycles. The number of anilines is 1. The van der Waals surface area contributed by atoms with E-state index in [9.17, 15) is 5.11 Å². The normalized spacial score (nSPS) is 13.8. The fourth-order valence-corrected chi connectivity index (χ4v) is 3.25. The van der Waals surface area contributed by atoms with Crippen molar-refractivity contribution in [2.24, 2.45) is 5.73 Å². The van der Waals surface area contributed by atoms with Gasteiger partial charge < -0.3 is 16.2 Å². The SMILES string of the molecule is CC(O)(Nc1ccccc1)C(N)(Cc1ccccc1)Cc1ccccc1. The third-order valence-corrected chi connectivity index (χ3v) is 4.86. The molecule has 0 amide bonds. The Kier molecular flexibility index (Phi) is 5.40. The van der Waals surface area contributed by atoms with Crippen molar-refractivity contribution in [3.05, 3.63) is 102 Å². The molecule has 26 heavy (non-hydrogen) atoms. The van der Waals surface area contributed by atoms with E-state index < -0.39 is 11.3 Å². The van der Waals surface area contributed by atoms with Gasteiger partial charge in [0.25, 0.3) is 0 Å². The van der Waals surface area contributed by atoms with Crippen molar-refractivity contribution >= 4 is 5.69 Å². The van der Waals surface area contributed by atoms with E-state index in [2.05, 4.69) is 5.32 Å². The molecule has 0 fully saturated rings. The molecule has 4 N–H and O–H groups in total. The quantitative estimate of drug-likeness (QED) is 0.567. The van der Waals surface area contributed by atoms with Gasteiger partial charge in [-0.05, 0) is 43.0 Å². The highest BCUT2D eigenvalue weighted by Gasteiger charge is 2.44. The van der Waals surface area contributed by atoms with Crippen molar-refractivity contribution in [3.63, 3.8) is 0 Å². The number of hydrogen-bond acceptors (Lipinski definition) is 3. The summed E-state index contributed by atoms with van der Waals surface area (Å²) in [6.07, 6.45) is 1.10. The number of benzene rings is 3. The number of rotatable bonds is 7. The van der Waals surface area contributed by atoms with Crippen molar-refractivity contribution in [1.29, 1.82) is 0 Å². The van der Waals surface area contributed by atoms with Gasteiger partial charge in [-0.1, -0.05) is 78.9 Å². The molecule has 0 spiro atoms. The van der Waals surface area contributed by atoms with Gasteiger partial charge in [0.15, 0.2) is 5.72 Å². The van der Waals surface area contributed by atoms with Crippen molar-refractivity contribution in [2.75, 3.05) is 5.32 Å². The van der Waals surface area contributed by atoms with Crippen LogP contribution in [0.1, 0.15) is 18.1 Å². The van der Waals surface area contributed by atoms with Gasteiger partial charge in [-0.3, -0.25) is 0 Å². The fraction of sp³-hybridized carbons (Fsp3) is 0.217. The lowest BCUT2D eigenvalue weighted by atomic mass is 9.77. The molecule has 3 aromatic carbocycles. The molecule has 1 atom stereocenters. The second-order valence-corrected chi connectivity index (χ2v) is 7.04. The molecule has 1 unspecified atom stereocenters. The lowest BCUT2D eigenvalue weighted by Crippen LogP contribution is -2.65.